The van der Waals surface area contributed by atoms with Crippen LogP contribution in [0.3, 0.4) is 0 Å². The molecule has 0 radical (unpaired) electrons. The second-order valence-electron chi connectivity index (χ2n) is 4.41. The molecular formula is C11H14N2O3S. The van der Waals surface area contributed by atoms with Crippen molar-refractivity contribution < 1.29 is 9.90 Å². The van der Waals surface area contributed by atoms with E-state index in [-0.39, 0.29) is 22.7 Å². The van der Waals surface area contributed by atoms with Crippen LogP contribution >= 0.6 is 12.2 Å². The molecule has 0 aromatic carbocycles. The van der Waals surface area contributed by atoms with Gasteiger partial charge in [-0.2, -0.15) is 0 Å². The highest BCUT2D eigenvalue weighted by molar-refractivity contribution is 7.80. The molecule has 0 atom stereocenters. The lowest BCUT2D eigenvalue weighted by molar-refractivity contribution is -0.147. The number of aromatic nitrogens is 1. The average molecular weight is 254 g/mol. The predicted molar refractivity (Wildman–Crippen MR) is 68.0 cm³/mol. The number of pyridine rings is 1. The van der Waals surface area contributed by atoms with Crippen molar-refractivity contribution in [2.45, 2.75) is 20.4 Å². The number of nitrogens with two attached hydrogens (primary N) is 1. The smallest absolute Gasteiger partial charge is 0.310 e. The minimum atomic E-state index is -1.03. The molecule has 3 N–H and O–H groups in total. The Kier molecular flexibility index (Phi) is 3.67. The van der Waals surface area contributed by atoms with E-state index < -0.39 is 11.4 Å². The summed E-state index contributed by atoms with van der Waals surface area (Å²) in [7, 11) is 0. The summed E-state index contributed by atoms with van der Waals surface area (Å²) >= 11 is 4.75. The van der Waals surface area contributed by atoms with Gasteiger partial charge >= 0.3 is 5.97 Å². The molecule has 0 aliphatic carbocycles. The standard InChI is InChI=1S/C11H14N2O3S/c1-11(2,10(15)16)6-13-5-3-4-7(8(12)17)9(13)14/h3-5H,6H2,1-2H3,(H2,12,17)(H,15,16). The Balaban J connectivity index is 3.18. The van der Waals surface area contributed by atoms with Gasteiger partial charge in [-0.05, 0) is 26.0 Å². The van der Waals surface area contributed by atoms with Crippen LogP contribution in [-0.4, -0.2) is 20.6 Å². The molecular weight excluding hydrogens is 240 g/mol. The van der Waals surface area contributed by atoms with Gasteiger partial charge in [0.2, 0.25) is 0 Å². The van der Waals surface area contributed by atoms with Gasteiger partial charge in [0.05, 0.1) is 11.0 Å². The fourth-order valence-electron chi connectivity index (χ4n) is 1.34. The zero-order valence-electron chi connectivity index (χ0n) is 9.64. The first kappa shape index (κ1) is 13.4. The first-order valence-electron chi connectivity index (χ1n) is 4.98. The first-order valence-corrected chi connectivity index (χ1v) is 5.39. The van der Waals surface area contributed by atoms with Crippen LogP contribution in [-0.2, 0) is 11.3 Å². The molecule has 1 aromatic rings. The molecule has 0 spiro atoms. The fourth-order valence-corrected chi connectivity index (χ4v) is 1.50. The molecule has 0 saturated carbocycles. The molecule has 6 heteroatoms. The van der Waals surface area contributed by atoms with Gasteiger partial charge in [0.25, 0.3) is 5.56 Å². The summed E-state index contributed by atoms with van der Waals surface area (Å²) in [5.74, 6) is -0.967. The molecule has 1 heterocycles. The Hall–Kier alpha value is -1.69. The summed E-state index contributed by atoms with van der Waals surface area (Å²) in [6.45, 7) is 3.17. The van der Waals surface area contributed by atoms with E-state index in [0.29, 0.717) is 0 Å². The molecule has 5 nitrogen and oxygen atoms in total. The number of nitrogens with zero attached hydrogens (tertiary/aromatic N) is 1. The minimum absolute atomic E-state index is 0.0116. The third-order valence-corrected chi connectivity index (χ3v) is 2.65. The molecule has 0 aliphatic heterocycles. The van der Waals surface area contributed by atoms with Gasteiger partial charge in [0.15, 0.2) is 0 Å². The Morgan fingerprint density at radius 2 is 2.18 bits per heavy atom. The lowest BCUT2D eigenvalue weighted by Gasteiger charge is -2.20. The van der Waals surface area contributed by atoms with Crippen LogP contribution in [0.4, 0.5) is 0 Å². The molecule has 0 aliphatic rings. The molecule has 0 saturated heterocycles. The molecule has 1 rings (SSSR count). The number of hydrogen-bond donors (Lipinski definition) is 2. The van der Waals surface area contributed by atoms with E-state index in [1.165, 1.54) is 16.8 Å². The van der Waals surface area contributed by atoms with Crippen LogP contribution in [0.15, 0.2) is 23.1 Å². The summed E-state index contributed by atoms with van der Waals surface area (Å²) in [5.41, 5.74) is 4.24. The summed E-state index contributed by atoms with van der Waals surface area (Å²) in [6, 6.07) is 3.14. The number of hydrogen-bond acceptors (Lipinski definition) is 3. The summed E-state index contributed by atoms with van der Waals surface area (Å²) in [6.07, 6.45) is 1.52. The second kappa shape index (κ2) is 4.67. The highest BCUT2D eigenvalue weighted by atomic mass is 32.1. The number of carboxylic acid groups (broad SMARTS) is 1. The SMILES string of the molecule is CC(C)(Cn1cccc(C(N)=S)c1=O)C(=O)O. The van der Waals surface area contributed by atoms with Crippen molar-refractivity contribution in [1.29, 1.82) is 0 Å². The number of aliphatic carboxylic acids is 1. The van der Waals surface area contributed by atoms with Crippen molar-refractivity contribution in [1.82, 2.24) is 4.57 Å². The fraction of sp³-hybridized carbons (Fsp3) is 0.364. The Morgan fingerprint density at radius 1 is 1.59 bits per heavy atom. The Morgan fingerprint density at radius 3 is 2.65 bits per heavy atom. The lowest BCUT2D eigenvalue weighted by Crippen LogP contribution is -2.36. The zero-order chi connectivity index (χ0) is 13.2. The molecule has 1 aromatic heterocycles. The zero-order valence-corrected chi connectivity index (χ0v) is 10.5. The van der Waals surface area contributed by atoms with Crippen molar-refractivity contribution in [2.24, 2.45) is 11.1 Å². The van der Waals surface area contributed by atoms with Crippen molar-refractivity contribution in [2.75, 3.05) is 0 Å². The summed E-state index contributed by atoms with van der Waals surface area (Å²) in [5, 5.41) is 9.01. The van der Waals surface area contributed by atoms with E-state index in [2.05, 4.69) is 0 Å². The molecule has 0 amide bonds. The van der Waals surface area contributed by atoms with Crippen molar-refractivity contribution in [3.05, 3.63) is 34.2 Å². The van der Waals surface area contributed by atoms with Gasteiger partial charge < -0.3 is 15.4 Å². The van der Waals surface area contributed by atoms with Crippen molar-refractivity contribution in [3.63, 3.8) is 0 Å². The van der Waals surface area contributed by atoms with Gasteiger partial charge in [-0.1, -0.05) is 12.2 Å². The van der Waals surface area contributed by atoms with E-state index in [0.717, 1.165) is 0 Å². The van der Waals surface area contributed by atoms with Crippen LogP contribution in [0, 0.1) is 5.41 Å². The van der Waals surface area contributed by atoms with E-state index in [9.17, 15) is 9.59 Å². The van der Waals surface area contributed by atoms with Crippen LogP contribution < -0.4 is 11.3 Å². The largest absolute Gasteiger partial charge is 0.481 e. The molecule has 17 heavy (non-hydrogen) atoms. The predicted octanol–water partition coefficient (Wildman–Crippen LogP) is 0.593. The van der Waals surface area contributed by atoms with Gasteiger partial charge in [-0.3, -0.25) is 9.59 Å². The van der Waals surface area contributed by atoms with Crippen LogP contribution in [0.1, 0.15) is 19.4 Å². The first-order chi connectivity index (χ1) is 7.75. The van der Waals surface area contributed by atoms with Crippen molar-refractivity contribution >= 4 is 23.2 Å². The third kappa shape index (κ3) is 2.91. The van der Waals surface area contributed by atoms with Gasteiger partial charge in [-0.15, -0.1) is 0 Å². The Bertz CT molecular complexity index is 520. The molecule has 92 valence electrons. The number of thiocarbonyl (C=S) groups is 1. The highest BCUT2D eigenvalue weighted by Gasteiger charge is 2.28. The molecule has 0 bridgehead atoms. The summed E-state index contributed by atoms with van der Waals surface area (Å²) < 4.78 is 1.31. The maximum atomic E-state index is 11.9. The maximum absolute atomic E-state index is 11.9. The number of carbonyl (C=O) groups is 1. The third-order valence-electron chi connectivity index (χ3n) is 2.43. The van der Waals surface area contributed by atoms with Gasteiger partial charge in [0, 0.05) is 12.7 Å². The normalized spacial score (nSPS) is 11.2. The minimum Gasteiger partial charge on any atom is -0.481 e. The maximum Gasteiger partial charge on any atom is 0.310 e. The molecule has 0 unspecified atom stereocenters. The second-order valence-corrected chi connectivity index (χ2v) is 4.85. The van der Waals surface area contributed by atoms with E-state index in [1.54, 1.807) is 19.9 Å². The van der Waals surface area contributed by atoms with Crippen LogP contribution in [0.5, 0.6) is 0 Å². The van der Waals surface area contributed by atoms with Gasteiger partial charge in [-0.25, -0.2) is 0 Å². The highest BCUT2D eigenvalue weighted by Crippen LogP contribution is 2.17. The van der Waals surface area contributed by atoms with Crippen molar-refractivity contribution in [3.8, 4) is 0 Å². The monoisotopic (exact) mass is 254 g/mol. The van der Waals surface area contributed by atoms with Crippen LogP contribution in [0.2, 0.25) is 0 Å². The Labute approximate surface area is 104 Å². The quantitative estimate of drug-likeness (QED) is 0.768. The number of rotatable bonds is 4. The number of carboxylic acids is 1. The molecule has 0 fully saturated rings. The topological polar surface area (TPSA) is 85.3 Å². The average Bonchev–Trinajstić information content (AvgIpc) is 2.20. The van der Waals surface area contributed by atoms with E-state index in [1.807, 2.05) is 0 Å². The van der Waals surface area contributed by atoms with E-state index in [4.69, 9.17) is 23.1 Å². The van der Waals surface area contributed by atoms with E-state index >= 15 is 0 Å². The van der Waals surface area contributed by atoms with Gasteiger partial charge in [0.1, 0.15) is 4.99 Å². The lowest BCUT2D eigenvalue weighted by atomic mass is 9.93. The van der Waals surface area contributed by atoms with Crippen LogP contribution in [0.25, 0.3) is 0 Å². The summed E-state index contributed by atoms with van der Waals surface area (Å²) in [4.78, 5) is 22.9.